The molecule has 2 aliphatic rings. The van der Waals surface area contributed by atoms with E-state index in [1.165, 1.54) is 0 Å². The summed E-state index contributed by atoms with van der Waals surface area (Å²) in [5.74, 6) is 0.814. The Morgan fingerprint density at radius 2 is 1.95 bits per heavy atom. The van der Waals surface area contributed by atoms with Crippen LogP contribution < -0.4 is 5.73 Å². The Bertz CT molecular complexity index is 350. The SMILES string of the molecule is CCOC1CC(CC(=O)N2CCN(CC(N)=S)CC2)C1. The van der Waals surface area contributed by atoms with E-state index in [1.54, 1.807) is 0 Å². The molecule has 2 fully saturated rings. The maximum Gasteiger partial charge on any atom is 0.222 e. The molecule has 0 spiro atoms. The van der Waals surface area contributed by atoms with Crippen molar-refractivity contribution < 1.29 is 9.53 Å². The third kappa shape index (κ3) is 4.40. The second-order valence-electron chi connectivity index (χ2n) is 5.74. The number of hydrogen-bond acceptors (Lipinski definition) is 4. The van der Waals surface area contributed by atoms with Crippen LogP contribution in [0, 0.1) is 5.92 Å². The van der Waals surface area contributed by atoms with Gasteiger partial charge >= 0.3 is 0 Å². The molecule has 20 heavy (non-hydrogen) atoms. The first-order chi connectivity index (χ1) is 9.58. The molecule has 5 nitrogen and oxygen atoms in total. The lowest BCUT2D eigenvalue weighted by Crippen LogP contribution is -2.51. The maximum absolute atomic E-state index is 12.2. The molecule has 114 valence electrons. The van der Waals surface area contributed by atoms with Gasteiger partial charge in [-0.15, -0.1) is 0 Å². The monoisotopic (exact) mass is 299 g/mol. The van der Waals surface area contributed by atoms with Crippen molar-refractivity contribution in [1.29, 1.82) is 0 Å². The van der Waals surface area contributed by atoms with Crippen LogP contribution in [0.4, 0.5) is 0 Å². The predicted octanol–water partition coefficient (Wildman–Crippen LogP) is 0.622. The molecule has 2 rings (SSSR count). The van der Waals surface area contributed by atoms with E-state index in [-0.39, 0.29) is 0 Å². The van der Waals surface area contributed by atoms with Crippen molar-refractivity contribution in [3.8, 4) is 0 Å². The Hall–Kier alpha value is -0.720. The van der Waals surface area contributed by atoms with E-state index in [4.69, 9.17) is 22.7 Å². The second-order valence-corrected chi connectivity index (χ2v) is 6.27. The zero-order valence-corrected chi connectivity index (χ0v) is 13.0. The standard InChI is InChI=1S/C14H25N3O2S/c1-2-19-12-7-11(8-12)9-14(18)17-5-3-16(4-6-17)10-13(15)20/h11-12H,2-10H2,1H3,(H2,15,20). The fraction of sp³-hybridized carbons (Fsp3) is 0.857. The highest BCUT2D eigenvalue weighted by atomic mass is 32.1. The molecular weight excluding hydrogens is 274 g/mol. The Labute approximate surface area is 126 Å². The van der Waals surface area contributed by atoms with Crippen LogP contribution in [-0.4, -0.2) is 66.1 Å². The summed E-state index contributed by atoms with van der Waals surface area (Å²) in [6.07, 6.45) is 3.15. The first-order valence-electron chi connectivity index (χ1n) is 7.48. The number of nitrogens with zero attached hydrogens (tertiary/aromatic N) is 2. The smallest absolute Gasteiger partial charge is 0.222 e. The van der Waals surface area contributed by atoms with Crippen LogP contribution in [0.2, 0.25) is 0 Å². The number of ether oxygens (including phenoxy) is 1. The topological polar surface area (TPSA) is 58.8 Å². The molecule has 6 heteroatoms. The van der Waals surface area contributed by atoms with Gasteiger partial charge in [0, 0.05) is 45.8 Å². The summed E-state index contributed by atoms with van der Waals surface area (Å²) < 4.78 is 5.53. The summed E-state index contributed by atoms with van der Waals surface area (Å²) in [6, 6.07) is 0. The Kier molecular flexibility index (Phi) is 5.74. The minimum atomic E-state index is 0.292. The van der Waals surface area contributed by atoms with Crippen LogP contribution in [0.15, 0.2) is 0 Å². The average molecular weight is 299 g/mol. The van der Waals surface area contributed by atoms with Gasteiger partial charge in [-0.05, 0) is 25.7 Å². The summed E-state index contributed by atoms with van der Waals surface area (Å²) in [7, 11) is 0. The van der Waals surface area contributed by atoms with Crippen LogP contribution in [0.1, 0.15) is 26.2 Å². The van der Waals surface area contributed by atoms with Crippen LogP contribution in [0.3, 0.4) is 0 Å². The molecule has 1 aliphatic carbocycles. The van der Waals surface area contributed by atoms with Crippen molar-refractivity contribution in [2.24, 2.45) is 11.7 Å². The number of rotatable bonds is 6. The lowest BCUT2D eigenvalue weighted by atomic mass is 9.79. The molecule has 0 bridgehead atoms. The number of thiocarbonyl (C=S) groups is 1. The molecule has 0 atom stereocenters. The van der Waals surface area contributed by atoms with Gasteiger partial charge in [-0.25, -0.2) is 0 Å². The van der Waals surface area contributed by atoms with Gasteiger partial charge in [0.2, 0.25) is 5.91 Å². The highest BCUT2D eigenvalue weighted by molar-refractivity contribution is 7.80. The lowest BCUT2D eigenvalue weighted by molar-refractivity contribution is -0.136. The number of carbonyl (C=O) groups is 1. The Morgan fingerprint density at radius 1 is 1.30 bits per heavy atom. The highest BCUT2D eigenvalue weighted by Gasteiger charge is 2.32. The van der Waals surface area contributed by atoms with Gasteiger partial charge in [-0.1, -0.05) is 12.2 Å². The van der Waals surface area contributed by atoms with Crippen LogP contribution in [-0.2, 0) is 9.53 Å². The molecule has 1 aliphatic heterocycles. The quantitative estimate of drug-likeness (QED) is 0.729. The van der Waals surface area contributed by atoms with Gasteiger partial charge in [0.1, 0.15) is 0 Å². The van der Waals surface area contributed by atoms with Gasteiger partial charge in [-0.2, -0.15) is 0 Å². The van der Waals surface area contributed by atoms with Crippen molar-refractivity contribution in [1.82, 2.24) is 9.80 Å². The fourth-order valence-electron chi connectivity index (χ4n) is 2.96. The first kappa shape index (κ1) is 15.7. The maximum atomic E-state index is 12.2. The number of amides is 1. The van der Waals surface area contributed by atoms with Crippen molar-refractivity contribution in [3.05, 3.63) is 0 Å². The number of piperazine rings is 1. The van der Waals surface area contributed by atoms with Crippen molar-refractivity contribution in [2.45, 2.75) is 32.3 Å². The third-order valence-corrected chi connectivity index (χ3v) is 4.29. The van der Waals surface area contributed by atoms with E-state index in [0.29, 0.717) is 35.9 Å². The minimum Gasteiger partial charge on any atom is -0.392 e. The predicted molar refractivity (Wildman–Crippen MR) is 82.6 cm³/mol. The summed E-state index contributed by atoms with van der Waals surface area (Å²) in [4.78, 5) is 16.9. The zero-order chi connectivity index (χ0) is 14.5. The van der Waals surface area contributed by atoms with Gasteiger partial charge in [0.25, 0.3) is 0 Å². The molecule has 1 amide bonds. The number of nitrogens with two attached hydrogens (primary N) is 1. The van der Waals surface area contributed by atoms with Crippen molar-refractivity contribution >= 4 is 23.1 Å². The molecular formula is C14H25N3O2S. The third-order valence-electron chi connectivity index (χ3n) is 4.16. The second kappa shape index (κ2) is 7.33. The Morgan fingerprint density at radius 3 is 2.50 bits per heavy atom. The van der Waals surface area contributed by atoms with Gasteiger partial charge in [0.05, 0.1) is 11.1 Å². The van der Waals surface area contributed by atoms with Gasteiger partial charge < -0.3 is 15.4 Å². The van der Waals surface area contributed by atoms with Crippen molar-refractivity contribution in [2.75, 3.05) is 39.3 Å². The lowest BCUT2D eigenvalue weighted by Gasteiger charge is -2.38. The van der Waals surface area contributed by atoms with E-state index in [0.717, 1.165) is 45.6 Å². The molecule has 0 aromatic rings. The fourth-order valence-corrected chi connectivity index (χ4v) is 3.15. The molecule has 0 radical (unpaired) electrons. The molecule has 1 heterocycles. The summed E-state index contributed by atoms with van der Waals surface area (Å²) in [5, 5.41) is 0. The van der Waals surface area contributed by atoms with E-state index in [2.05, 4.69) is 4.90 Å². The highest BCUT2D eigenvalue weighted by Crippen LogP contribution is 2.33. The molecule has 1 saturated heterocycles. The van der Waals surface area contributed by atoms with E-state index < -0.39 is 0 Å². The molecule has 0 unspecified atom stereocenters. The van der Waals surface area contributed by atoms with Gasteiger partial charge in [0.15, 0.2) is 0 Å². The van der Waals surface area contributed by atoms with Crippen LogP contribution in [0.5, 0.6) is 0 Å². The zero-order valence-electron chi connectivity index (χ0n) is 12.2. The Balaban J connectivity index is 1.64. The first-order valence-corrected chi connectivity index (χ1v) is 7.89. The van der Waals surface area contributed by atoms with E-state index >= 15 is 0 Å². The number of hydrogen-bond donors (Lipinski definition) is 1. The van der Waals surface area contributed by atoms with E-state index in [9.17, 15) is 4.79 Å². The van der Waals surface area contributed by atoms with Crippen LogP contribution >= 0.6 is 12.2 Å². The number of carbonyl (C=O) groups excluding carboxylic acids is 1. The van der Waals surface area contributed by atoms with E-state index in [1.807, 2.05) is 11.8 Å². The van der Waals surface area contributed by atoms with Crippen LogP contribution in [0.25, 0.3) is 0 Å². The average Bonchev–Trinajstić information content (AvgIpc) is 2.36. The normalized spacial score (nSPS) is 27.1. The van der Waals surface area contributed by atoms with Crippen molar-refractivity contribution in [3.63, 3.8) is 0 Å². The molecule has 0 aromatic heterocycles. The molecule has 1 saturated carbocycles. The largest absolute Gasteiger partial charge is 0.392 e. The van der Waals surface area contributed by atoms with Gasteiger partial charge in [-0.3, -0.25) is 9.69 Å². The minimum absolute atomic E-state index is 0.292. The summed E-state index contributed by atoms with van der Waals surface area (Å²) in [5.41, 5.74) is 5.54. The molecule has 0 aromatic carbocycles. The summed E-state index contributed by atoms with van der Waals surface area (Å²) >= 11 is 4.91. The summed E-state index contributed by atoms with van der Waals surface area (Å²) in [6.45, 7) is 6.79. The molecule has 2 N–H and O–H groups in total.